The van der Waals surface area contributed by atoms with E-state index in [4.69, 9.17) is 15.3 Å². The van der Waals surface area contributed by atoms with Crippen LogP contribution in [0.2, 0.25) is 0 Å². The van der Waals surface area contributed by atoms with Crippen molar-refractivity contribution in [1.29, 1.82) is 10.5 Å². The van der Waals surface area contributed by atoms with E-state index in [1.165, 1.54) is 5.57 Å². The molecule has 19 heavy (non-hydrogen) atoms. The molecule has 0 heterocycles. The van der Waals surface area contributed by atoms with Gasteiger partial charge in [0.05, 0.1) is 7.11 Å². The molecule has 0 amide bonds. The second-order valence-electron chi connectivity index (χ2n) is 4.38. The lowest BCUT2D eigenvalue weighted by atomic mass is 9.89. The summed E-state index contributed by atoms with van der Waals surface area (Å²) in [5, 5.41) is 17.9. The average Bonchev–Trinajstić information content (AvgIpc) is 2.49. The highest BCUT2D eigenvalue weighted by atomic mass is 16.5. The molecule has 1 aromatic carbocycles. The average molecular weight is 250 g/mol. The van der Waals surface area contributed by atoms with Gasteiger partial charge in [-0.05, 0) is 48.1 Å². The molecule has 3 heteroatoms. The minimum absolute atomic E-state index is 0.228. The van der Waals surface area contributed by atoms with Gasteiger partial charge in [0.1, 0.15) is 23.5 Å². The highest BCUT2D eigenvalue weighted by Crippen LogP contribution is 2.31. The Labute approximate surface area is 113 Å². The number of nitrogens with zero attached hydrogens (tertiary/aromatic N) is 2. The normalized spacial score (nSPS) is 14.1. The summed E-state index contributed by atoms with van der Waals surface area (Å²) in [7, 11) is 1.64. The van der Waals surface area contributed by atoms with Crippen molar-refractivity contribution < 1.29 is 4.74 Å². The number of allylic oxidation sites excluding steroid dienone is 4. The Morgan fingerprint density at radius 2 is 1.79 bits per heavy atom. The summed E-state index contributed by atoms with van der Waals surface area (Å²) in [5.74, 6) is 0.825. The Kier molecular flexibility index (Phi) is 4.00. The van der Waals surface area contributed by atoms with E-state index in [0.717, 1.165) is 36.1 Å². The Balaban J connectivity index is 2.37. The van der Waals surface area contributed by atoms with Crippen LogP contribution in [0.1, 0.15) is 24.8 Å². The summed E-state index contributed by atoms with van der Waals surface area (Å²) in [6.45, 7) is 0. The van der Waals surface area contributed by atoms with Gasteiger partial charge in [0.15, 0.2) is 0 Å². The van der Waals surface area contributed by atoms with Gasteiger partial charge in [-0.2, -0.15) is 10.5 Å². The first-order valence-electron chi connectivity index (χ1n) is 6.17. The predicted molar refractivity (Wildman–Crippen MR) is 73.1 cm³/mol. The third-order valence-electron chi connectivity index (χ3n) is 3.25. The number of hydrogen-bond acceptors (Lipinski definition) is 3. The maximum atomic E-state index is 8.93. The molecule has 0 saturated heterocycles. The van der Waals surface area contributed by atoms with Crippen molar-refractivity contribution in [3.63, 3.8) is 0 Å². The molecule has 1 aromatic rings. The summed E-state index contributed by atoms with van der Waals surface area (Å²) >= 11 is 0. The number of rotatable bonds is 2. The quantitative estimate of drug-likeness (QED) is 0.753. The Hall–Kier alpha value is -2.52. The summed E-state index contributed by atoms with van der Waals surface area (Å²) in [6.07, 6.45) is 4.73. The largest absolute Gasteiger partial charge is 0.497 e. The molecule has 0 unspecified atom stereocenters. The van der Waals surface area contributed by atoms with Crippen molar-refractivity contribution in [1.82, 2.24) is 0 Å². The van der Waals surface area contributed by atoms with Crippen molar-refractivity contribution in [2.45, 2.75) is 19.3 Å². The van der Waals surface area contributed by atoms with Crippen molar-refractivity contribution in [2.24, 2.45) is 0 Å². The van der Waals surface area contributed by atoms with Crippen LogP contribution in [0, 0.1) is 22.7 Å². The molecule has 1 aliphatic rings. The molecular weight excluding hydrogens is 236 g/mol. The Morgan fingerprint density at radius 3 is 2.37 bits per heavy atom. The van der Waals surface area contributed by atoms with Crippen LogP contribution in [-0.2, 0) is 0 Å². The topological polar surface area (TPSA) is 56.8 Å². The van der Waals surface area contributed by atoms with E-state index in [0.29, 0.717) is 0 Å². The van der Waals surface area contributed by atoms with E-state index < -0.39 is 0 Å². The third kappa shape index (κ3) is 2.84. The fraction of sp³-hybridized carbons (Fsp3) is 0.250. The van der Waals surface area contributed by atoms with E-state index in [1.807, 2.05) is 42.5 Å². The molecule has 0 spiro atoms. The zero-order valence-corrected chi connectivity index (χ0v) is 10.8. The predicted octanol–water partition coefficient (Wildman–Crippen LogP) is 3.61. The minimum Gasteiger partial charge on any atom is -0.497 e. The van der Waals surface area contributed by atoms with E-state index in [2.05, 4.69) is 0 Å². The number of methoxy groups -OCH3 is 1. The van der Waals surface area contributed by atoms with E-state index in [-0.39, 0.29) is 5.57 Å². The molecule has 2 rings (SSSR count). The zero-order valence-electron chi connectivity index (χ0n) is 10.8. The van der Waals surface area contributed by atoms with Crippen LogP contribution >= 0.6 is 0 Å². The van der Waals surface area contributed by atoms with Gasteiger partial charge in [0.25, 0.3) is 0 Å². The second-order valence-corrected chi connectivity index (χ2v) is 4.38. The molecular formula is C16H14N2O. The molecule has 0 bridgehead atoms. The van der Waals surface area contributed by atoms with Gasteiger partial charge in [0.2, 0.25) is 0 Å². The van der Waals surface area contributed by atoms with Crippen molar-refractivity contribution >= 4 is 5.57 Å². The molecule has 0 radical (unpaired) electrons. The first-order valence-corrected chi connectivity index (χ1v) is 6.17. The van der Waals surface area contributed by atoms with E-state index in [9.17, 15) is 0 Å². The van der Waals surface area contributed by atoms with Crippen LogP contribution in [0.5, 0.6) is 5.75 Å². The molecule has 0 aromatic heterocycles. The smallest absolute Gasteiger partial charge is 0.132 e. The van der Waals surface area contributed by atoms with E-state index >= 15 is 0 Å². The van der Waals surface area contributed by atoms with Gasteiger partial charge < -0.3 is 4.74 Å². The lowest BCUT2D eigenvalue weighted by molar-refractivity contribution is 0.415. The lowest BCUT2D eigenvalue weighted by Gasteiger charge is -2.15. The first-order chi connectivity index (χ1) is 9.28. The van der Waals surface area contributed by atoms with Crippen LogP contribution in [-0.4, -0.2) is 7.11 Å². The molecule has 94 valence electrons. The van der Waals surface area contributed by atoms with Crippen LogP contribution in [0.25, 0.3) is 5.57 Å². The van der Waals surface area contributed by atoms with Gasteiger partial charge in [-0.3, -0.25) is 0 Å². The third-order valence-corrected chi connectivity index (χ3v) is 3.25. The van der Waals surface area contributed by atoms with Crippen LogP contribution in [0.15, 0.2) is 41.5 Å². The summed E-state index contributed by atoms with van der Waals surface area (Å²) in [5.41, 5.74) is 3.37. The molecule has 1 aliphatic carbocycles. The van der Waals surface area contributed by atoms with Crippen LogP contribution in [0.3, 0.4) is 0 Å². The number of nitriles is 2. The summed E-state index contributed by atoms with van der Waals surface area (Å²) in [4.78, 5) is 0. The monoisotopic (exact) mass is 250 g/mol. The number of benzene rings is 1. The molecule has 0 aliphatic heterocycles. The fourth-order valence-corrected chi connectivity index (χ4v) is 2.22. The Morgan fingerprint density at radius 1 is 1.11 bits per heavy atom. The standard InChI is InChI=1S/C16H14N2O/c1-19-16-7-5-12(6-8-16)13-3-2-4-14(9-13)15(10-17)11-18/h5-9H,2-4H2,1H3. The Bertz CT molecular complexity index is 594. The number of hydrogen-bond donors (Lipinski definition) is 0. The zero-order chi connectivity index (χ0) is 13.7. The fourth-order valence-electron chi connectivity index (χ4n) is 2.22. The van der Waals surface area contributed by atoms with Crippen LogP contribution in [0.4, 0.5) is 0 Å². The van der Waals surface area contributed by atoms with Gasteiger partial charge in [-0.15, -0.1) is 0 Å². The highest BCUT2D eigenvalue weighted by molar-refractivity contribution is 5.71. The van der Waals surface area contributed by atoms with Crippen LogP contribution < -0.4 is 4.74 Å². The summed E-state index contributed by atoms with van der Waals surface area (Å²) < 4.78 is 5.14. The van der Waals surface area contributed by atoms with Gasteiger partial charge in [-0.1, -0.05) is 18.2 Å². The second kappa shape index (κ2) is 5.89. The van der Waals surface area contributed by atoms with Crippen molar-refractivity contribution in [3.05, 3.63) is 47.1 Å². The highest BCUT2D eigenvalue weighted by Gasteiger charge is 2.13. The molecule has 3 nitrogen and oxygen atoms in total. The molecule has 0 N–H and O–H groups in total. The van der Waals surface area contributed by atoms with Gasteiger partial charge in [0, 0.05) is 0 Å². The number of ether oxygens (including phenoxy) is 1. The van der Waals surface area contributed by atoms with Gasteiger partial charge >= 0.3 is 0 Å². The van der Waals surface area contributed by atoms with Crippen molar-refractivity contribution in [2.75, 3.05) is 7.11 Å². The maximum Gasteiger partial charge on any atom is 0.132 e. The molecule has 0 fully saturated rings. The minimum atomic E-state index is 0.228. The van der Waals surface area contributed by atoms with E-state index in [1.54, 1.807) is 7.11 Å². The SMILES string of the molecule is COc1ccc(C2=CC(=C(C#N)C#N)CCC2)cc1. The van der Waals surface area contributed by atoms with Crippen molar-refractivity contribution in [3.8, 4) is 17.9 Å². The first kappa shape index (κ1) is 12.9. The summed E-state index contributed by atoms with van der Waals surface area (Å²) in [6, 6.07) is 11.8. The maximum absolute atomic E-state index is 8.93. The molecule has 0 saturated carbocycles. The van der Waals surface area contributed by atoms with Gasteiger partial charge in [-0.25, -0.2) is 0 Å². The lowest BCUT2D eigenvalue weighted by Crippen LogP contribution is -1.97. The molecule has 0 atom stereocenters.